The smallest absolute Gasteiger partial charge is 0.136 e. The monoisotopic (exact) mass is 281 g/mol. The SMILES string of the molecule is COc1ccc(CNc2ccccc2N(C)C)cc1C#N. The average Bonchev–Trinajstić information content (AvgIpc) is 2.52. The molecule has 4 heteroatoms. The van der Waals surface area contributed by atoms with Gasteiger partial charge in [-0.25, -0.2) is 0 Å². The van der Waals surface area contributed by atoms with Crippen LogP contribution in [0.5, 0.6) is 5.75 Å². The number of nitrogens with zero attached hydrogens (tertiary/aromatic N) is 2. The maximum Gasteiger partial charge on any atom is 0.136 e. The number of ether oxygens (including phenoxy) is 1. The minimum atomic E-state index is 0.553. The van der Waals surface area contributed by atoms with E-state index in [0.717, 1.165) is 16.9 Å². The predicted molar refractivity (Wildman–Crippen MR) is 85.8 cm³/mol. The highest BCUT2D eigenvalue weighted by Crippen LogP contribution is 2.25. The lowest BCUT2D eigenvalue weighted by Gasteiger charge is -2.18. The lowest BCUT2D eigenvalue weighted by molar-refractivity contribution is 0.413. The molecule has 2 aromatic rings. The van der Waals surface area contributed by atoms with Gasteiger partial charge in [0.2, 0.25) is 0 Å². The van der Waals surface area contributed by atoms with Crippen molar-refractivity contribution in [1.82, 2.24) is 0 Å². The fraction of sp³-hybridized carbons (Fsp3) is 0.235. The number of para-hydroxylation sites is 2. The summed E-state index contributed by atoms with van der Waals surface area (Å²) in [5.41, 5.74) is 3.79. The normalized spacial score (nSPS) is 9.81. The molecule has 0 saturated heterocycles. The van der Waals surface area contributed by atoms with Crippen LogP contribution in [0.3, 0.4) is 0 Å². The Morgan fingerprint density at radius 3 is 2.62 bits per heavy atom. The summed E-state index contributed by atoms with van der Waals surface area (Å²) < 4.78 is 5.15. The number of rotatable bonds is 5. The average molecular weight is 281 g/mol. The van der Waals surface area contributed by atoms with E-state index in [1.165, 1.54) is 0 Å². The van der Waals surface area contributed by atoms with Crippen molar-refractivity contribution in [1.29, 1.82) is 5.26 Å². The Labute approximate surface area is 125 Å². The molecule has 0 aliphatic heterocycles. The molecular formula is C17H19N3O. The highest BCUT2D eigenvalue weighted by Gasteiger charge is 2.06. The molecule has 0 saturated carbocycles. The molecule has 0 radical (unpaired) electrons. The third-order valence-electron chi connectivity index (χ3n) is 3.25. The number of nitriles is 1. The molecule has 0 aliphatic carbocycles. The van der Waals surface area contributed by atoms with Crippen molar-refractivity contribution in [3.8, 4) is 11.8 Å². The Hall–Kier alpha value is -2.67. The molecule has 0 unspecified atom stereocenters. The molecule has 108 valence electrons. The number of hydrogen-bond acceptors (Lipinski definition) is 4. The first-order valence-corrected chi connectivity index (χ1v) is 6.73. The molecule has 4 nitrogen and oxygen atoms in total. The minimum absolute atomic E-state index is 0.553. The van der Waals surface area contributed by atoms with Crippen molar-refractivity contribution in [3.05, 3.63) is 53.6 Å². The van der Waals surface area contributed by atoms with Gasteiger partial charge in [-0.05, 0) is 29.8 Å². The van der Waals surface area contributed by atoms with E-state index in [-0.39, 0.29) is 0 Å². The number of methoxy groups -OCH3 is 1. The Kier molecular flexibility index (Phi) is 4.68. The second-order valence-corrected chi connectivity index (χ2v) is 4.91. The van der Waals surface area contributed by atoms with Crippen molar-refractivity contribution >= 4 is 11.4 Å². The zero-order valence-corrected chi connectivity index (χ0v) is 12.6. The van der Waals surface area contributed by atoms with Crippen LogP contribution in [0.15, 0.2) is 42.5 Å². The van der Waals surface area contributed by atoms with Crippen molar-refractivity contribution in [2.24, 2.45) is 0 Å². The van der Waals surface area contributed by atoms with Gasteiger partial charge in [0.1, 0.15) is 11.8 Å². The van der Waals surface area contributed by atoms with Crippen molar-refractivity contribution < 1.29 is 4.74 Å². The Morgan fingerprint density at radius 2 is 1.95 bits per heavy atom. The summed E-state index contributed by atoms with van der Waals surface area (Å²) in [5.74, 6) is 0.606. The van der Waals surface area contributed by atoms with Gasteiger partial charge in [-0.3, -0.25) is 0 Å². The molecule has 0 amide bonds. The largest absolute Gasteiger partial charge is 0.495 e. The minimum Gasteiger partial charge on any atom is -0.495 e. The van der Waals surface area contributed by atoms with Gasteiger partial charge in [0.15, 0.2) is 0 Å². The van der Waals surface area contributed by atoms with Gasteiger partial charge in [0, 0.05) is 20.6 Å². The molecule has 2 aromatic carbocycles. The van der Waals surface area contributed by atoms with E-state index < -0.39 is 0 Å². The van der Waals surface area contributed by atoms with Crippen LogP contribution in [-0.2, 0) is 6.54 Å². The second kappa shape index (κ2) is 6.67. The van der Waals surface area contributed by atoms with Crippen LogP contribution in [0.25, 0.3) is 0 Å². The quantitative estimate of drug-likeness (QED) is 0.914. The fourth-order valence-corrected chi connectivity index (χ4v) is 2.16. The van der Waals surface area contributed by atoms with Crippen molar-refractivity contribution in [2.45, 2.75) is 6.54 Å². The van der Waals surface area contributed by atoms with Crippen molar-refractivity contribution in [2.75, 3.05) is 31.4 Å². The summed E-state index contributed by atoms with van der Waals surface area (Å²) in [7, 11) is 5.60. The molecule has 0 bridgehead atoms. The highest BCUT2D eigenvalue weighted by molar-refractivity contribution is 5.69. The zero-order chi connectivity index (χ0) is 15.2. The maximum absolute atomic E-state index is 9.12. The van der Waals surface area contributed by atoms with E-state index in [9.17, 15) is 0 Å². The first-order valence-electron chi connectivity index (χ1n) is 6.73. The second-order valence-electron chi connectivity index (χ2n) is 4.91. The van der Waals surface area contributed by atoms with E-state index in [0.29, 0.717) is 17.9 Å². The molecule has 0 aromatic heterocycles. The van der Waals surface area contributed by atoms with Crippen LogP contribution in [0.1, 0.15) is 11.1 Å². The van der Waals surface area contributed by atoms with Gasteiger partial charge in [0.25, 0.3) is 0 Å². The summed E-state index contributed by atoms with van der Waals surface area (Å²) >= 11 is 0. The van der Waals surface area contributed by atoms with Gasteiger partial charge < -0.3 is 15.0 Å². The van der Waals surface area contributed by atoms with Crippen molar-refractivity contribution in [3.63, 3.8) is 0 Å². The Balaban J connectivity index is 2.16. The molecule has 0 heterocycles. The maximum atomic E-state index is 9.12. The summed E-state index contributed by atoms with van der Waals surface area (Å²) in [6.45, 7) is 0.656. The zero-order valence-electron chi connectivity index (χ0n) is 12.6. The highest BCUT2D eigenvalue weighted by atomic mass is 16.5. The summed E-state index contributed by atoms with van der Waals surface area (Å²) in [5, 5.41) is 12.5. The molecule has 0 aliphatic rings. The van der Waals surface area contributed by atoms with Gasteiger partial charge in [-0.1, -0.05) is 18.2 Å². The lowest BCUT2D eigenvalue weighted by Crippen LogP contribution is -2.12. The van der Waals surface area contributed by atoms with E-state index in [1.54, 1.807) is 7.11 Å². The van der Waals surface area contributed by atoms with E-state index in [4.69, 9.17) is 10.00 Å². The molecule has 0 spiro atoms. The molecule has 2 rings (SSSR count). The van der Waals surface area contributed by atoms with E-state index >= 15 is 0 Å². The molecular weight excluding hydrogens is 262 g/mol. The molecule has 1 N–H and O–H groups in total. The molecule has 0 fully saturated rings. The van der Waals surface area contributed by atoms with E-state index in [1.807, 2.05) is 50.5 Å². The van der Waals surface area contributed by atoms with E-state index in [2.05, 4.69) is 22.4 Å². The fourth-order valence-electron chi connectivity index (χ4n) is 2.16. The predicted octanol–water partition coefficient (Wildman–Crippen LogP) is 3.24. The molecule has 0 atom stereocenters. The van der Waals surface area contributed by atoms with Crippen LogP contribution in [-0.4, -0.2) is 21.2 Å². The van der Waals surface area contributed by atoms with Gasteiger partial charge >= 0.3 is 0 Å². The van der Waals surface area contributed by atoms with Crippen LogP contribution in [0.4, 0.5) is 11.4 Å². The van der Waals surface area contributed by atoms with Crippen LogP contribution < -0.4 is 15.0 Å². The molecule has 21 heavy (non-hydrogen) atoms. The summed E-state index contributed by atoms with van der Waals surface area (Å²) in [4.78, 5) is 2.07. The first kappa shape index (κ1) is 14.7. The number of anilines is 2. The van der Waals surface area contributed by atoms with Crippen LogP contribution in [0, 0.1) is 11.3 Å². The summed E-state index contributed by atoms with van der Waals surface area (Å²) in [6, 6.07) is 15.9. The standard InChI is InChI=1S/C17H19N3O/c1-20(2)16-7-5-4-6-15(16)19-12-13-8-9-17(21-3)14(10-13)11-18/h4-10,19H,12H2,1-3H3. The summed E-state index contributed by atoms with van der Waals surface area (Å²) in [6.07, 6.45) is 0. The number of nitrogens with one attached hydrogen (secondary N) is 1. The first-order chi connectivity index (χ1) is 10.2. The van der Waals surface area contributed by atoms with Gasteiger partial charge in [-0.2, -0.15) is 5.26 Å². The topological polar surface area (TPSA) is 48.3 Å². The van der Waals surface area contributed by atoms with Crippen LogP contribution >= 0.6 is 0 Å². The van der Waals surface area contributed by atoms with Gasteiger partial charge in [0.05, 0.1) is 24.0 Å². The number of hydrogen-bond donors (Lipinski definition) is 1. The Morgan fingerprint density at radius 1 is 1.19 bits per heavy atom. The Bertz CT molecular complexity index is 659. The number of benzene rings is 2. The lowest BCUT2D eigenvalue weighted by atomic mass is 10.1. The van der Waals surface area contributed by atoms with Crippen LogP contribution in [0.2, 0.25) is 0 Å². The van der Waals surface area contributed by atoms with Gasteiger partial charge in [-0.15, -0.1) is 0 Å². The third kappa shape index (κ3) is 3.46. The third-order valence-corrected chi connectivity index (χ3v) is 3.25.